The van der Waals surface area contributed by atoms with E-state index in [1.165, 1.54) is 29.8 Å². The van der Waals surface area contributed by atoms with Gasteiger partial charge in [-0.2, -0.15) is 4.39 Å². The fraction of sp³-hybridized carbons (Fsp3) is 0.222. The second kappa shape index (κ2) is 11.6. The van der Waals surface area contributed by atoms with Crippen LogP contribution in [0.1, 0.15) is 13.2 Å². The molecule has 3 heterocycles. The van der Waals surface area contributed by atoms with E-state index >= 15 is 0 Å². The number of phosphoric ester groups is 1. The molecule has 0 radical (unpaired) electrons. The lowest BCUT2D eigenvalue weighted by Crippen LogP contribution is -2.24. The van der Waals surface area contributed by atoms with E-state index in [9.17, 15) is 23.5 Å². The van der Waals surface area contributed by atoms with Crippen molar-refractivity contribution in [2.24, 2.45) is 0 Å². The third-order valence-corrected chi connectivity index (χ3v) is 6.60. The highest BCUT2D eigenvalue weighted by Gasteiger charge is 2.23. The number of hydrogen-bond donors (Lipinski definition) is 2. The van der Waals surface area contributed by atoms with E-state index in [0.29, 0.717) is 34.4 Å². The van der Waals surface area contributed by atoms with Crippen LogP contribution in [0.4, 0.5) is 10.1 Å². The minimum atomic E-state index is -4.79. The molecule has 12 heteroatoms. The molecule has 0 fully saturated rings. The van der Waals surface area contributed by atoms with Gasteiger partial charge in [0.15, 0.2) is 0 Å². The highest BCUT2D eigenvalue weighted by molar-refractivity contribution is 7.46. The number of nitrogens with zero attached hydrogens (tertiary/aromatic N) is 5. The predicted octanol–water partition coefficient (Wildman–Crippen LogP) is 4.61. The monoisotopic (exact) mass is 553 g/mol. The predicted molar refractivity (Wildman–Crippen MR) is 147 cm³/mol. The van der Waals surface area contributed by atoms with Gasteiger partial charge in [-0.15, -0.1) is 0 Å². The highest BCUT2D eigenvalue weighted by atomic mass is 31.2. The lowest BCUT2D eigenvalue weighted by Gasteiger charge is -2.17. The normalized spacial score (nSPS) is 12.9. The van der Waals surface area contributed by atoms with Crippen molar-refractivity contribution in [2.75, 3.05) is 32.6 Å². The van der Waals surface area contributed by atoms with Crippen molar-refractivity contribution in [3.05, 3.63) is 79.2 Å². The first-order valence-corrected chi connectivity index (χ1v) is 13.5. The maximum Gasteiger partial charge on any atom is 0.471 e. The summed E-state index contributed by atoms with van der Waals surface area (Å²) in [6.07, 6.45) is 6.84. The molecule has 0 aliphatic rings. The van der Waals surface area contributed by atoms with Gasteiger partial charge in [-0.1, -0.05) is 18.2 Å². The molecule has 0 aliphatic carbocycles. The summed E-state index contributed by atoms with van der Waals surface area (Å²) in [5, 5.41) is 0.612. The zero-order chi connectivity index (χ0) is 28.3. The van der Waals surface area contributed by atoms with Crippen molar-refractivity contribution in [1.29, 1.82) is 0 Å². The van der Waals surface area contributed by atoms with Gasteiger partial charge in [-0.3, -0.25) is 9.32 Å². The van der Waals surface area contributed by atoms with Crippen LogP contribution < -0.4 is 4.90 Å². The molecule has 0 saturated heterocycles. The van der Waals surface area contributed by atoms with Crippen LogP contribution in [0.5, 0.6) is 0 Å². The van der Waals surface area contributed by atoms with E-state index in [2.05, 4.69) is 9.97 Å². The van der Waals surface area contributed by atoms with Crippen LogP contribution in [0.15, 0.2) is 73.2 Å². The number of halogens is 1. The molecule has 204 valence electrons. The maximum absolute atomic E-state index is 14.0. The Labute approximate surface area is 225 Å². The topological polar surface area (TPSA) is 121 Å². The molecule has 0 saturated carbocycles. The molecule has 3 aromatic heterocycles. The quantitative estimate of drug-likeness (QED) is 0.175. The summed E-state index contributed by atoms with van der Waals surface area (Å²) >= 11 is 0. The molecule has 0 aliphatic heterocycles. The van der Waals surface area contributed by atoms with Gasteiger partial charge >= 0.3 is 7.82 Å². The number of aromatic nitrogens is 3. The van der Waals surface area contributed by atoms with Crippen molar-refractivity contribution >= 4 is 30.5 Å². The van der Waals surface area contributed by atoms with E-state index in [1.54, 1.807) is 36.5 Å². The first kappa shape index (κ1) is 28.3. The van der Waals surface area contributed by atoms with Gasteiger partial charge < -0.3 is 24.2 Å². The van der Waals surface area contributed by atoms with Crippen LogP contribution in [0.25, 0.3) is 33.3 Å². The average Bonchev–Trinajstić information content (AvgIpc) is 3.26. The molecular formula is C27H29FN5O5P. The minimum Gasteiger partial charge on any atom is -0.312 e. The number of phosphoric acid groups is 1. The number of hydrogen-bond acceptors (Lipinski definition) is 6. The lowest BCUT2D eigenvalue weighted by atomic mass is 10.0. The molecule has 39 heavy (non-hydrogen) atoms. The Hall–Kier alpha value is -3.73. The van der Waals surface area contributed by atoms with Crippen molar-refractivity contribution in [2.45, 2.75) is 13.2 Å². The van der Waals surface area contributed by atoms with Crippen molar-refractivity contribution in [1.82, 2.24) is 19.4 Å². The number of carbonyl (C=O) groups is 1. The number of anilines is 1. The molecule has 1 aromatic carbocycles. The number of amides is 1. The van der Waals surface area contributed by atoms with Crippen LogP contribution >= 0.6 is 7.82 Å². The summed E-state index contributed by atoms with van der Waals surface area (Å²) in [6, 6.07) is 12.2. The Kier molecular flexibility index (Phi) is 8.39. The fourth-order valence-corrected chi connectivity index (χ4v) is 4.61. The van der Waals surface area contributed by atoms with E-state index in [4.69, 9.17) is 4.52 Å². The van der Waals surface area contributed by atoms with Crippen molar-refractivity contribution in [3.63, 3.8) is 0 Å². The molecule has 1 atom stereocenters. The molecular weight excluding hydrogens is 524 g/mol. The second-order valence-corrected chi connectivity index (χ2v) is 10.4. The molecule has 10 nitrogen and oxygen atoms in total. The number of rotatable bonds is 9. The van der Waals surface area contributed by atoms with E-state index in [0.717, 1.165) is 11.1 Å². The summed E-state index contributed by atoms with van der Waals surface area (Å²) < 4.78 is 31.8. The number of carbonyl (C=O) groups excluding carboxylic acids is 1. The maximum atomic E-state index is 14.0. The Morgan fingerprint density at radius 2 is 1.90 bits per heavy atom. The number of fused-ring (bicyclic) bond motifs is 1. The van der Waals surface area contributed by atoms with Gasteiger partial charge in [0.1, 0.15) is 11.9 Å². The first-order valence-electron chi connectivity index (χ1n) is 12.0. The fourth-order valence-electron chi connectivity index (χ4n) is 4.11. The van der Waals surface area contributed by atoms with Crippen LogP contribution in [0.3, 0.4) is 0 Å². The average molecular weight is 554 g/mol. The third-order valence-electron chi connectivity index (χ3n) is 6.02. The largest absolute Gasteiger partial charge is 0.471 e. The summed E-state index contributed by atoms with van der Waals surface area (Å²) in [5.74, 6) is -0.835. The van der Waals surface area contributed by atoms with Gasteiger partial charge in [0.2, 0.25) is 11.9 Å². The smallest absolute Gasteiger partial charge is 0.312 e. The van der Waals surface area contributed by atoms with Crippen molar-refractivity contribution < 1.29 is 28.1 Å². The Morgan fingerprint density at radius 1 is 1.13 bits per heavy atom. The minimum absolute atomic E-state index is 0.166. The van der Waals surface area contributed by atoms with E-state index < -0.39 is 20.0 Å². The molecule has 4 rings (SSSR count). The molecule has 1 amide bonds. The van der Waals surface area contributed by atoms with E-state index in [-0.39, 0.29) is 5.91 Å². The van der Waals surface area contributed by atoms with Gasteiger partial charge in [0, 0.05) is 66.5 Å². The van der Waals surface area contributed by atoms with Gasteiger partial charge in [0.25, 0.3) is 0 Å². The molecule has 0 bridgehead atoms. The summed E-state index contributed by atoms with van der Waals surface area (Å²) in [6.45, 7) is 2.13. The number of pyridine rings is 2. The van der Waals surface area contributed by atoms with Gasteiger partial charge in [0.05, 0.1) is 0 Å². The molecule has 2 N–H and O–H groups in total. The van der Waals surface area contributed by atoms with Gasteiger partial charge in [-0.05, 0) is 56.4 Å². The SMILES string of the molecule is CC(OP(=O)(O)O)n1cc(-c2ccnc(F)c2)c2cc(-c3cccc(N(C)C(=O)/C=C/CN(C)C)c3)cnc21. The standard InChI is InChI=1S/C27H29FN5O5P/c1-18(38-39(35,36)37)33-17-24(20-10-11-29-25(28)15-20)23-14-21(16-30-27(23)33)19-7-5-8-22(13-19)32(4)26(34)9-6-12-31(2)3/h5-11,13-18H,12H2,1-4H3,(H2,35,36,37)/b9-6+. The van der Waals surface area contributed by atoms with Gasteiger partial charge in [-0.25, -0.2) is 14.5 Å². The summed E-state index contributed by atoms with van der Waals surface area (Å²) in [5.41, 5.74) is 3.68. The molecule has 1 unspecified atom stereocenters. The first-order chi connectivity index (χ1) is 18.4. The number of likely N-dealkylation sites (N-methyl/N-ethyl adjacent to an activating group) is 2. The Balaban J connectivity index is 1.77. The zero-order valence-electron chi connectivity index (χ0n) is 21.9. The molecule has 4 aromatic rings. The zero-order valence-corrected chi connectivity index (χ0v) is 22.8. The van der Waals surface area contributed by atoms with E-state index in [1.807, 2.05) is 49.3 Å². The highest BCUT2D eigenvalue weighted by Crippen LogP contribution is 2.42. The number of benzene rings is 1. The third kappa shape index (κ3) is 6.83. The lowest BCUT2D eigenvalue weighted by molar-refractivity contribution is -0.113. The van der Waals surface area contributed by atoms with Crippen LogP contribution in [0, 0.1) is 5.95 Å². The van der Waals surface area contributed by atoms with Crippen LogP contribution in [-0.4, -0.2) is 62.8 Å². The second-order valence-electron chi connectivity index (χ2n) is 9.22. The summed E-state index contributed by atoms with van der Waals surface area (Å²) in [7, 11) is 0.749. The molecule has 0 spiro atoms. The van der Waals surface area contributed by atoms with Crippen LogP contribution in [-0.2, 0) is 13.9 Å². The summed E-state index contributed by atoms with van der Waals surface area (Å²) in [4.78, 5) is 43.0. The Bertz CT molecular complexity index is 1580. The Morgan fingerprint density at radius 3 is 2.59 bits per heavy atom. The van der Waals surface area contributed by atoms with Crippen LogP contribution in [0.2, 0.25) is 0 Å². The van der Waals surface area contributed by atoms with Crippen molar-refractivity contribution in [3.8, 4) is 22.3 Å².